The molecule has 9 heavy (non-hydrogen) atoms. The van der Waals surface area contributed by atoms with Gasteiger partial charge in [0.15, 0.2) is 0 Å². The first kappa shape index (κ1) is 6.09. The third kappa shape index (κ3) is 1.43. The monoisotopic (exact) mass is 120 g/mol. The average molecular weight is 120 g/mol. The van der Waals surface area contributed by atoms with Crippen LogP contribution in [0, 0.1) is 6.92 Å². The van der Waals surface area contributed by atoms with Crippen LogP contribution in [-0.4, -0.2) is 0 Å². The highest BCUT2D eigenvalue weighted by atomic mass is 13.9. The Morgan fingerprint density at radius 2 is 2.33 bits per heavy atom. The van der Waals surface area contributed by atoms with Crippen molar-refractivity contribution in [1.29, 1.82) is 0 Å². The molecule has 0 spiro atoms. The summed E-state index contributed by atoms with van der Waals surface area (Å²) in [5.41, 5.74) is 2.47. The highest BCUT2D eigenvalue weighted by Crippen LogP contribution is 2.03. The van der Waals surface area contributed by atoms with Gasteiger partial charge in [-0.3, -0.25) is 0 Å². The van der Waals surface area contributed by atoms with Gasteiger partial charge in [-0.15, -0.1) is 0 Å². The van der Waals surface area contributed by atoms with E-state index in [4.69, 9.17) is 0 Å². The van der Waals surface area contributed by atoms with Crippen molar-refractivity contribution in [2.45, 2.75) is 6.92 Å². The maximum absolute atomic E-state index is 3.67. The lowest BCUT2D eigenvalue weighted by atomic mass is 10.1. The van der Waals surface area contributed by atoms with Crippen molar-refractivity contribution in [2.75, 3.05) is 0 Å². The summed E-state index contributed by atoms with van der Waals surface area (Å²) < 4.78 is 0. The van der Waals surface area contributed by atoms with E-state index < -0.39 is 0 Å². The third-order valence-corrected chi connectivity index (χ3v) is 1.28. The van der Waals surface area contributed by atoms with Gasteiger partial charge >= 0.3 is 0 Å². The van der Waals surface area contributed by atoms with Crippen LogP contribution in [0.2, 0.25) is 0 Å². The summed E-state index contributed by atoms with van der Waals surface area (Å²) in [6.45, 7) is 5.75. The molecular weight excluding hydrogens is 108 g/mol. The number of aryl methyl sites for hydroxylation is 1. The maximum Gasteiger partial charge on any atom is 0 e. The SMILES string of the molecule is C=Cc1cccc(C)c1.[HH]. The third-order valence-electron chi connectivity index (χ3n) is 1.28. The van der Waals surface area contributed by atoms with Crippen LogP contribution in [0.3, 0.4) is 0 Å². The van der Waals surface area contributed by atoms with Crippen LogP contribution in [-0.2, 0) is 0 Å². The molecular formula is C9H12. The summed E-state index contributed by atoms with van der Waals surface area (Å²) in [4.78, 5) is 0. The highest BCUT2D eigenvalue weighted by molar-refractivity contribution is 5.47. The van der Waals surface area contributed by atoms with Crippen LogP contribution in [0.1, 0.15) is 12.6 Å². The first-order valence-electron chi connectivity index (χ1n) is 3.02. The Balaban J connectivity index is 0.000000810. The average Bonchev–Trinajstić information content (AvgIpc) is 1.88. The van der Waals surface area contributed by atoms with Gasteiger partial charge in [0.05, 0.1) is 0 Å². The first-order valence-corrected chi connectivity index (χ1v) is 3.02. The van der Waals surface area contributed by atoms with Crippen molar-refractivity contribution < 1.29 is 1.43 Å². The zero-order valence-electron chi connectivity index (χ0n) is 5.59. The second kappa shape index (κ2) is 2.49. The van der Waals surface area contributed by atoms with Crippen molar-refractivity contribution in [1.82, 2.24) is 0 Å². The normalized spacial score (nSPS) is 9.00. The van der Waals surface area contributed by atoms with E-state index in [1.807, 2.05) is 18.2 Å². The van der Waals surface area contributed by atoms with E-state index in [-0.39, 0.29) is 1.43 Å². The molecule has 48 valence electrons. The Bertz CT molecular complexity index is 216. The predicted molar refractivity (Wildman–Crippen MR) is 43.4 cm³/mol. The van der Waals surface area contributed by atoms with E-state index >= 15 is 0 Å². The van der Waals surface area contributed by atoms with Crippen molar-refractivity contribution in [2.24, 2.45) is 0 Å². The van der Waals surface area contributed by atoms with Gasteiger partial charge in [0, 0.05) is 1.43 Å². The number of hydrogen-bond donors (Lipinski definition) is 0. The molecule has 0 N–H and O–H groups in total. The van der Waals surface area contributed by atoms with Crippen LogP contribution < -0.4 is 0 Å². The van der Waals surface area contributed by atoms with E-state index in [1.54, 1.807) is 0 Å². The molecule has 0 aliphatic rings. The maximum atomic E-state index is 3.67. The van der Waals surface area contributed by atoms with Crippen LogP contribution >= 0.6 is 0 Å². The zero-order valence-corrected chi connectivity index (χ0v) is 5.59. The topological polar surface area (TPSA) is 0 Å². The molecule has 0 radical (unpaired) electrons. The molecule has 0 heterocycles. The van der Waals surface area contributed by atoms with E-state index in [1.165, 1.54) is 11.1 Å². The summed E-state index contributed by atoms with van der Waals surface area (Å²) in [7, 11) is 0. The molecule has 1 aromatic carbocycles. The van der Waals surface area contributed by atoms with Crippen molar-refractivity contribution in [3.8, 4) is 0 Å². The molecule has 1 aromatic rings. The minimum atomic E-state index is 0. The van der Waals surface area contributed by atoms with Crippen molar-refractivity contribution >= 4 is 6.08 Å². The quantitative estimate of drug-likeness (QED) is 0.534. The molecule has 1 rings (SSSR count). The molecule has 0 fully saturated rings. The Labute approximate surface area is 57.3 Å². The summed E-state index contributed by atoms with van der Waals surface area (Å²) in [6, 6.07) is 8.26. The fraction of sp³-hybridized carbons (Fsp3) is 0.111. The van der Waals surface area contributed by atoms with Gasteiger partial charge in [-0.25, -0.2) is 0 Å². The van der Waals surface area contributed by atoms with Gasteiger partial charge in [0.1, 0.15) is 0 Å². The second-order valence-corrected chi connectivity index (χ2v) is 2.12. The van der Waals surface area contributed by atoms with Crippen LogP contribution in [0.25, 0.3) is 6.08 Å². The summed E-state index contributed by atoms with van der Waals surface area (Å²) >= 11 is 0. The summed E-state index contributed by atoms with van der Waals surface area (Å²) in [6.07, 6.45) is 1.85. The van der Waals surface area contributed by atoms with Crippen LogP contribution in [0.4, 0.5) is 0 Å². The Hall–Kier alpha value is -1.04. The number of hydrogen-bond acceptors (Lipinski definition) is 0. The smallest absolute Gasteiger partial charge is 0 e. The van der Waals surface area contributed by atoms with Gasteiger partial charge in [-0.2, -0.15) is 0 Å². The van der Waals surface area contributed by atoms with E-state index in [9.17, 15) is 0 Å². The molecule has 0 aliphatic carbocycles. The summed E-state index contributed by atoms with van der Waals surface area (Å²) in [5.74, 6) is 0. The largest absolute Gasteiger partial charge is 0.0985 e. The lowest BCUT2D eigenvalue weighted by Gasteiger charge is -1.92. The van der Waals surface area contributed by atoms with Gasteiger partial charge in [0.2, 0.25) is 0 Å². The number of rotatable bonds is 1. The lowest BCUT2D eigenvalue weighted by molar-refractivity contribution is 1.46. The van der Waals surface area contributed by atoms with Gasteiger partial charge in [-0.1, -0.05) is 42.5 Å². The molecule has 0 heteroatoms. The van der Waals surface area contributed by atoms with Crippen LogP contribution in [0.15, 0.2) is 30.8 Å². The number of benzene rings is 1. The molecule has 0 unspecified atom stereocenters. The Kier molecular flexibility index (Phi) is 1.69. The van der Waals surface area contributed by atoms with Gasteiger partial charge < -0.3 is 0 Å². The minimum absolute atomic E-state index is 0. The van der Waals surface area contributed by atoms with E-state index in [2.05, 4.69) is 25.6 Å². The molecule has 0 aromatic heterocycles. The second-order valence-electron chi connectivity index (χ2n) is 2.12. The zero-order chi connectivity index (χ0) is 6.69. The van der Waals surface area contributed by atoms with Crippen molar-refractivity contribution in [3.05, 3.63) is 42.0 Å². The molecule has 0 bridgehead atoms. The fourth-order valence-electron chi connectivity index (χ4n) is 0.797. The first-order chi connectivity index (χ1) is 4.33. The molecule has 0 amide bonds. The molecule has 0 aliphatic heterocycles. The molecule has 0 saturated carbocycles. The van der Waals surface area contributed by atoms with Crippen LogP contribution in [0.5, 0.6) is 0 Å². The van der Waals surface area contributed by atoms with E-state index in [0.29, 0.717) is 0 Å². The fourth-order valence-corrected chi connectivity index (χ4v) is 0.797. The minimum Gasteiger partial charge on any atom is -0.0985 e. The molecule has 0 atom stereocenters. The Morgan fingerprint density at radius 1 is 1.56 bits per heavy atom. The highest BCUT2D eigenvalue weighted by Gasteiger charge is 1.83. The summed E-state index contributed by atoms with van der Waals surface area (Å²) in [5, 5.41) is 0. The molecule has 0 saturated heterocycles. The molecule has 0 nitrogen and oxygen atoms in total. The van der Waals surface area contributed by atoms with Crippen molar-refractivity contribution in [3.63, 3.8) is 0 Å². The predicted octanol–water partition coefficient (Wildman–Crippen LogP) is 2.88. The van der Waals surface area contributed by atoms with Gasteiger partial charge in [-0.05, 0) is 12.5 Å². The Morgan fingerprint density at radius 3 is 2.78 bits per heavy atom. The lowest BCUT2D eigenvalue weighted by Crippen LogP contribution is -1.72. The van der Waals surface area contributed by atoms with E-state index in [0.717, 1.165) is 0 Å². The van der Waals surface area contributed by atoms with Gasteiger partial charge in [0.25, 0.3) is 0 Å². The standard InChI is InChI=1S/C9H10.H2/c1-3-9-6-4-5-8(2)7-9;/h3-7H,1H2,2H3;1H.